The second-order valence-electron chi connectivity index (χ2n) is 7.00. The molecule has 7 heteroatoms. The van der Waals surface area contributed by atoms with E-state index < -0.39 is 17.5 Å². The lowest BCUT2D eigenvalue weighted by atomic mass is 9.83. The predicted molar refractivity (Wildman–Crippen MR) is 93.8 cm³/mol. The van der Waals surface area contributed by atoms with Crippen molar-refractivity contribution in [2.45, 2.75) is 31.8 Å². The number of cyclic esters (lactones) is 1. The van der Waals surface area contributed by atoms with E-state index in [4.69, 9.17) is 9.47 Å². The molecule has 1 atom stereocenters. The molecule has 2 aliphatic rings. The van der Waals surface area contributed by atoms with E-state index >= 15 is 0 Å². The van der Waals surface area contributed by atoms with Crippen LogP contribution in [0.25, 0.3) is 10.9 Å². The summed E-state index contributed by atoms with van der Waals surface area (Å²) in [5, 5.41) is 3.53. The molecule has 1 aromatic heterocycles. The first-order valence-corrected chi connectivity index (χ1v) is 8.29. The van der Waals surface area contributed by atoms with Crippen molar-refractivity contribution < 1.29 is 19.1 Å². The maximum Gasteiger partial charge on any atom is 0.337 e. The van der Waals surface area contributed by atoms with Gasteiger partial charge in [0, 0.05) is 24.0 Å². The van der Waals surface area contributed by atoms with Crippen molar-refractivity contribution in [3.05, 3.63) is 51.5 Å². The first kappa shape index (κ1) is 16.4. The summed E-state index contributed by atoms with van der Waals surface area (Å²) in [5.74, 6) is -0.745. The maximum absolute atomic E-state index is 12.7. The number of hydrogen-bond donors (Lipinski definition) is 2. The summed E-state index contributed by atoms with van der Waals surface area (Å²) in [5.41, 5.74) is 0.542. The molecule has 1 amide bonds. The number of pyridine rings is 1. The fraction of sp³-hybridized carbons (Fsp3) is 0.316. The summed E-state index contributed by atoms with van der Waals surface area (Å²) in [4.78, 5) is 40.1. The second kappa shape index (κ2) is 5.45. The van der Waals surface area contributed by atoms with Crippen molar-refractivity contribution >= 4 is 22.8 Å². The zero-order valence-electron chi connectivity index (χ0n) is 14.6. The van der Waals surface area contributed by atoms with Gasteiger partial charge in [-0.15, -0.1) is 0 Å². The van der Waals surface area contributed by atoms with Crippen LogP contribution < -0.4 is 15.6 Å². The topological polar surface area (TPSA) is 97.5 Å². The van der Waals surface area contributed by atoms with E-state index in [1.165, 1.54) is 0 Å². The summed E-state index contributed by atoms with van der Waals surface area (Å²) in [6.07, 6.45) is 0.0226. The van der Waals surface area contributed by atoms with Crippen molar-refractivity contribution in [1.82, 2.24) is 10.3 Å². The highest BCUT2D eigenvalue weighted by molar-refractivity contribution is 5.99. The molecule has 134 valence electrons. The van der Waals surface area contributed by atoms with Gasteiger partial charge < -0.3 is 19.8 Å². The van der Waals surface area contributed by atoms with Crippen molar-refractivity contribution in [2.24, 2.45) is 0 Å². The molecule has 4 rings (SSSR count). The number of nitrogens with one attached hydrogen (secondary N) is 2. The molecule has 26 heavy (non-hydrogen) atoms. The minimum atomic E-state index is -0.919. The molecule has 2 aliphatic heterocycles. The van der Waals surface area contributed by atoms with Crippen LogP contribution in [0.5, 0.6) is 5.75 Å². The minimum Gasteiger partial charge on any atom is -0.497 e. The molecular formula is C19H18N2O5. The molecular weight excluding hydrogens is 336 g/mol. The number of rotatable bonds is 2. The van der Waals surface area contributed by atoms with Crippen molar-refractivity contribution in [3.63, 3.8) is 0 Å². The monoisotopic (exact) mass is 354 g/mol. The highest BCUT2D eigenvalue weighted by Crippen LogP contribution is 2.42. The fourth-order valence-corrected chi connectivity index (χ4v) is 3.62. The average molecular weight is 354 g/mol. The minimum absolute atomic E-state index is 0.0226. The van der Waals surface area contributed by atoms with Crippen LogP contribution in [-0.2, 0) is 14.3 Å². The van der Waals surface area contributed by atoms with Crippen LogP contribution in [0.3, 0.4) is 0 Å². The molecule has 0 saturated carbocycles. The van der Waals surface area contributed by atoms with Crippen LogP contribution in [0.1, 0.15) is 31.7 Å². The first-order valence-electron chi connectivity index (χ1n) is 8.29. The maximum atomic E-state index is 12.7. The molecule has 0 bridgehead atoms. The Hall–Kier alpha value is -3.09. The van der Waals surface area contributed by atoms with E-state index in [1.807, 2.05) is 6.07 Å². The molecule has 0 saturated heterocycles. The van der Waals surface area contributed by atoms with E-state index in [0.717, 1.165) is 5.39 Å². The molecule has 3 heterocycles. The van der Waals surface area contributed by atoms with Gasteiger partial charge in [-0.2, -0.15) is 0 Å². The third-order valence-electron chi connectivity index (χ3n) is 4.90. The van der Waals surface area contributed by atoms with Gasteiger partial charge in [0.25, 0.3) is 5.56 Å². The van der Waals surface area contributed by atoms with Gasteiger partial charge in [-0.3, -0.25) is 9.59 Å². The van der Waals surface area contributed by atoms with E-state index in [2.05, 4.69) is 10.3 Å². The number of aromatic nitrogens is 1. The van der Waals surface area contributed by atoms with Crippen LogP contribution >= 0.6 is 0 Å². The van der Waals surface area contributed by atoms with Gasteiger partial charge in [0.15, 0.2) is 0 Å². The normalized spacial score (nSPS) is 21.4. The molecule has 1 unspecified atom stereocenters. The molecule has 0 radical (unpaired) electrons. The Morgan fingerprint density at radius 1 is 1.19 bits per heavy atom. The molecule has 2 aromatic rings. The van der Waals surface area contributed by atoms with Crippen molar-refractivity contribution in [1.29, 1.82) is 0 Å². The predicted octanol–water partition coefficient (Wildman–Crippen LogP) is 1.73. The summed E-state index contributed by atoms with van der Waals surface area (Å²) in [7, 11) is 1.55. The Bertz CT molecular complexity index is 1050. The number of esters is 1. The van der Waals surface area contributed by atoms with E-state index in [9.17, 15) is 14.4 Å². The molecule has 2 N–H and O–H groups in total. The Morgan fingerprint density at radius 2 is 1.96 bits per heavy atom. The largest absolute Gasteiger partial charge is 0.497 e. The fourth-order valence-electron chi connectivity index (χ4n) is 3.62. The second-order valence-corrected chi connectivity index (χ2v) is 7.00. The van der Waals surface area contributed by atoms with Crippen LogP contribution in [-0.4, -0.2) is 29.6 Å². The number of carbonyl (C=O) groups is 2. The summed E-state index contributed by atoms with van der Waals surface area (Å²) >= 11 is 0. The van der Waals surface area contributed by atoms with Gasteiger partial charge >= 0.3 is 5.97 Å². The Balaban J connectivity index is 1.90. The van der Waals surface area contributed by atoms with Crippen LogP contribution in [0.4, 0.5) is 0 Å². The summed E-state index contributed by atoms with van der Waals surface area (Å²) in [6.45, 7) is 3.43. The number of H-pyrrole nitrogens is 1. The van der Waals surface area contributed by atoms with Crippen LogP contribution in [0.2, 0.25) is 0 Å². The van der Waals surface area contributed by atoms with Gasteiger partial charge in [0.05, 0.1) is 23.9 Å². The highest BCUT2D eigenvalue weighted by atomic mass is 16.6. The highest BCUT2D eigenvalue weighted by Gasteiger charge is 2.48. The lowest BCUT2D eigenvalue weighted by Crippen LogP contribution is -2.39. The Kier molecular flexibility index (Phi) is 3.44. The SMILES string of the molecule is COc1ccc2cc(C3CC(=O)NC4=C3C(=O)OC4(C)C)c(=O)[nH]c2c1. The van der Waals surface area contributed by atoms with E-state index in [1.54, 1.807) is 39.2 Å². The van der Waals surface area contributed by atoms with Gasteiger partial charge in [0.1, 0.15) is 11.4 Å². The molecule has 1 aromatic carbocycles. The molecule has 7 nitrogen and oxygen atoms in total. The third-order valence-corrected chi connectivity index (χ3v) is 4.90. The number of fused-ring (bicyclic) bond motifs is 1. The van der Waals surface area contributed by atoms with Gasteiger partial charge in [-0.1, -0.05) is 0 Å². The number of hydrogen-bond acceptors (Lipinski definition) is 5. The Labute approximate surface area is 149 Å². The van der Waals surface area contributed by atoms with Crippen LogP contribution in [0.15, 0.2) is 40.3 Å². The number of benzene rings is 1. The van der Waals surface area contributed by atoms with Crippen molar-refractivity contribution in [3.8, 4) is 5.75 Å². The van der Waals surface area contributed by atoms with Crippen molar-refractivity contribution in [2.75, 3.05) is 7.11 Å². The van der Waals surface area contributed by atoms with Crippen LogP contribution in [0, 0.1) is 0 Å². The third kappa shape index (κ3) is 2.39. The summed E-state index contributed by atoms with van der Waals surface area (Å²) < 4.78 is 10.6. The number of aromatic amines is 1. The van der Waals surface area contributed by atoms with Gasteiger partial charge in [0.2, 0.25) is 5.91 Å². The first-order chi connectivity index (χ1) is 12.3. The smallest absolute Gasteiger partial charge is 0.337 e. The number of carbonyl (C=O) groups excluding carboxylic acids is 2. The molecule has 0 aliphatic carbocycles. The number of methoxy groups -OCH3 is 1. The van der Waals surface area contributed by atoms with Gasteiger partial charge in [-0.25, -0.2) is 4.79 Å². The average Bonchev–Trinajstić information content (AvgIpc) is 2.82. The standard InChI is InChI=1S/C19H18N2O5/c1-19(2)16-15(18(24)26-19)11(8-14(22)21-16)12-6-9-4-5-10(25-3)7-13(9)20-17(12)23/h4-7,11H,8H2,1-3H3,(H,20,23)(H,21,22). The summed E-state index contributed by atoms with van der Waals surface area (Å²) in [6, 6.07) is 7.06. The number of ether oxygens (including phenoxy) is 2. The molecule has 0 fully saturated rings. The molecule has 0 spiro atoms. The lowest BCUT2D eigenvalue weighted by molar-refractivity contribution is -0.144. The zero-order valence-corrected chi connectivity index (χ0v) is 14.6. The van der Waals surface area contributed by atoms with E-state index in [-0.39, 0.29) is 17.9 Å². The zero-order chi connectivity index (χ0) is 18.6. The lowest BCUT2D eigenvalue weighted by Gasteiger charge is -2.26. The van der Waals surface area contributed by atoms with E-state index in [0.29, 0.717) is 28.1 Å². The quantitative estimate of drug-likeness (QED) is 0.801. The number of amides is 1. The Morgan fingerprint density at radius 3 is 2.69 bits per heavy atom. The van der Waals surface area contributed by atoms with Gasteiger partial charge in [-0.05, 0) is 37.4 Å².